The number of sulfonamides is 1. The molecule has 4 nitrogen and oxygen atoms in total. The van der Waals surface area contributed by atoms with Gasteiger partial charge in [-0.15, -0.1) is 4.40 Å². The lowest BCUT2D eigenvalue weighted by Gasteiger charge is -2.00. The van der Waals surface area contributed by atoms with E-state index in [1.807, 2.05) is 0 Å². The maximum atomic E-state index is 12.0. The molecule has 22 heavy (non-hydrogen) atoms. The van der Waals surface area contributed by atoms with Crippen LogP contribution in [-0.2, 0) is 10.0 Å². The molecular weight excluding hydrogens is 343 g/mol. The van der Waals surface area contributed by atoms with Gasteiger partial charge < -0.3 is 5.73 Å². The van der Waals surface area contributed by atoms with E-state index in [9.17, 15) is 8.42 Å². The van der Waals surface area contributed by atoms with E-state index in [2.05, 4.69) is 4.40 Å². The first-order valence-electron chi connectivity index (χ1n) is 6.16. The van der Waals surface area contributed by atoms with Gasteiger partial charge in [0.2, 0.25) is 0 Å². The Morgan fingerprint density at radius 2 is 1.77 bits per heavy atom. The van der Waals surface area contributed by atoms with Crippen molar-refractivity contribution in [2.24, 2.45) is 10.1 Å². The monoisotopic (exact) mass is 354 g/mol. The fraction of sp³-hybridized carbons (Fsp3) is 0. The lowest BCUT2D eigenvalue weighted by Crippen LogP contribution is -2.15. The normalized spacial score (nSPS) is 12.7. The van der Waals surface area contributed by atoms with Crippen molar-refractivity contribution in [3.05, 3.63) is 75.1 Å². The Bertz CT molecular complexity index is 832. The highest BCUT2D eigenvalue weighted by Crippen LogP contribution is 2.22. The second-order valence-electron chi connectivity index (χ2n) is 4.33. The third-order valence-corrected chi connectivity index (χ3v) is 4.18. The summed E-state index contributed by atoms with van der Waals surface area (Å²) in [6.07, 6.45) is 1.32. The van der Waals surface area contributed by atoms with Gasteiger partial charge in [-0.2, -0.15) is 8.42 Å². The molecule has 114 valence electrons. The number of hydrogen-bond donors (Lipinski definition) is 1. The van der Waals surface area contributed by atoms with E-state index in [0.29, 0.717) is 21.2 Å². The molecule has 0 saturated carbocycles. The number of rotatable bonds is 4. The maximum absolute atomic E-state index is 12.0. The largest absolute Gasteiger partial charge is 0.383 e. The minimum Gasteiger partial charge on any atom is -0.383 e. The number of hydrogen-bond acceptors (Lipinski definition) is 2. The summed E-state index contributed by atoms with van der Waals surface area (Å²) < 4.78 is 27.5. The van der Waals surface area contributed by atoms with Crippen LogP contribution in [0.15, 0.2) is 58.3 Å². The van der Waals surface area contributed by atoms with Gasteiger partial charge in [-0.25, -0.2) is 0 Å². The van der Waals surface area contributed by atoms with E-state index >= 15 is 0 Å². The van der Waals surface area contributed by atoms with Crippen molar-refractivity contribution in [1.29, 1.82) is 0 Å². The summed E-state index contributed by atoms with van der Waals surface area (Å²) in [5.74, 6) is -0.0811. The molecule has 0 atom stereocenters. The molecule has 0 aliphatic rings. The number of nitrogens with zero attached hydrogens (tertiary/aromatic N) is 1. The highest BCUT2D eigenvalue weighted by Gasteiger charge is 2.07. The second-order valence-corrected chi connectivity index (χ2v) is 6.65. The molecule has 2 N–H and O–H groups in total. The molecule has 2 rings (SSSR count). The molecule has 0 aliphatic carbocycles. The Morgan fingerprint density at radius 3 is 2.45 bits per heavy atom. The van der Waals surface area contributed by atoms with Crippen LogP contribution in [0.25, 0.3) is 6.08 Å². The van der Waals surface area contributed by atoms with Crippen molar-refractivity contribution in [2.75, 3.05) is 0 Å². The lowest BCUT2D eigenvalue weighted by molar-refractivity contribution is 0.606. The van der Waals surface area contributed by atoms with Gasteiger partial charge in [0.1, 0.15) is 5.84 Å². The van der Waals surface area contributed by atoms with Crippen LogP contribution in [0.4, 0.5) is 0 Å². The first-order valence-corrected chi connectivity index (χ1v) is 8.42. The quantitative estimate of drug-likeness (QED) is 0.671. The molecule has 0 unspecified atom stereocenters. The second kappa shape index (κ2) is 6.96. The van der Waals surface area contributed by atoms with Crippen LogP contribution in [0.2, 0.25) is 10.0 Å². The van der Waals surface area contributed by atoms with E-state index in [1.165, 1.54) is 6.08 Å². The molecule has 0 radical (unpaired) electrons. The first kappa shape index (κ1) is 16.5. The Kier molecular flexibility index (Phi) is 5.24. The van der Waals surface area contributed by atoms with Gasteiger partial charge in [-0.05, 0) is 29.8 Å². The van der Waals surface area contributed by atoms with Gasteiger partial charge in [0, 0.05) is 15.6 Å². The summed E-state index contributed by atoms with van der Waals surface area (Å²) in [4.78, 5) is 0. The van der Waals surface area contributed by atoms with E-state index in [1.54, 1.807) is 48.5 Å². The van der Waals surface area contributed by atoms with Crippen molar-refractivity contribution in [3.63, 3.8) is 0 Å². The summed E-state index contributed by atoms with van der Waals surface area (Å²) in [5.41, 5.74) is 6.70. The van der Waals surface area contributed by atoms with Crippen molar-refractivity contribution >= 4 is 45.1 Å². The summed E-state index contributed by atoms with van der Waals surface area (Å²) in [5, 5.41) is 1.77. The standard InChI is InChI=1S/C15H12Cl2N2O2S/c16-13-6-7-14(17)12(10-13)8-9-22(20,21)19-15(18)11-4-2-1-3-5-11/h1-10H,(H2,18,19). The molecule has 0 heterocycles. The third kappa shape index (κ3) is 4.59. The molecule has 0 bridgehead atoms. The molecule has 2 aromatic carbocycles. The molecule has 7 heteroatoms. The smallest absolute Gasteiger partial charge is 0.277 e. The van der Waals surface area contributed by atoms with E-state index in [4.69, 9.17) is 28.9 Å². The van der Waals surface area contributed by atoms with Gasteiger partial charge >= 0.3 is 0 Å². The Labute approximate surface area is 138 Å². The third-order valence-electron chi connectivity index (χ3n) is 2.67. The fourth-order valence-electron chi connectivity index (χ4n) is 1.63. The van der Waals surface area contributed by atoms with E-state index < -0.39 is 10.0 Å². The van der Waals surface area contributed by atoms with Gasteiger partial charge in [-0.1, -0.05) is 53.5 Å². The SMILES string of the molecule is NC(=NS(=O)(=O)C=Cc1cc(Cl)ccc1Cl)c1ccccc1. The summed E-state index contributed by atoms with van der Waals surface area (Å²) in [7, 11) is -3.88. The number of halogens is 2. The van der Waals surface area contributed by atoms with Crippen LogP contribution in [0.1, 0.15) is 11.1 Å². The zero-order chi connectivity index (χ0) is 16.2. The Morgan fingerprint density at radius 1 is 1.09 bits per heavy atom. The Balaban J connectivity index is 2.28. The van der Waals surface area contributed by atoms with Crippen LogP contribution in [0.3, 0.4) is 0 Å². The summed E-state index contributed by atoms with van der Waals surface area (Å²) in [6, 6.07) is 13.4. The first-order chi connectivity index (χ1) is 10.4. The number of amidine groups is 1. The van der Waals surface area contributed by atoms with Gasteiger partial charge in [0.15, 0.2) is 0 Å². The molecular formula is C15H12Cl2N2O2S. The number of nitrogens with two attached hydrogens (primary N) is 1. The Hall–Kier alpha value is -1.82. The average Bonchev–Trinajstić information content (AvgIpc) is 2.49. The summed E-state index contributed by atoms with van der Waals surface area (Å²) >= 11 is 11.8. The predicted octanol–water partition coefficient (Wildman–Crippen LogP) is 3.70. The molecule has 2 aromatic rings. The average molecular weight is 355 g/mol. The van der Waals surface area contributed by atoms with E-state index in [0.717, 1.165) is 5.41 Å². The lowest BCUT2D eigenvalue weighted by atomic mass is 10.2. The maximum Gasteiger partial charge on any atom is 0.277 e. The van der Waals surface area contributed by atoms with Crippen LogP contribution in [0.5, 0.6) is 0 Å². The topological polar surface area (TPSA) is 72.5 Å². The van der Waals surface area contributed by atoms with E-state index in [-0.39, 0.29) is 5.84 Å². The van der Waals surface area contributed by atoms with Crippen molar-refractivity contribution in [2.45, 2.75) is 0 Å². The minimum absolute atomic E-state index is 0.0811. The molecule has 0 spiro atoms. The molecule has 0 aliphatic heterocycles. The molecule has 0 amide bonds. The van der Waals surface area contributed by atoms with Crippen molar-refractivity contribution in [3.8, 4) is 0 Å². The van der Waals surface area contributed by atoms with Crippen molar-refractivity contribution < 1.29 is 8.42 Å². The van der Waals surface area contributed by atoms with Gasteiger partial charge in [-0.3, -0.25) is 0 Å². The van der Waals surface area contributed by atoms with Crippen LogP contribution in [0, 0.1) is 0 Å². The zero-order valence-electron chi connectivity index (χ0n) is 11.3. The van der Waals surface area contributed by atoms with Gasteiger partial charge in [0.05, 0.1) is 5.41 Å². The fourth-order valence-corrected chi connectivity index (χ4v) is 2.75. The van der Waals surface area contributed by atoms with Crippen LogP contribution in [-0.4, -0.2) is 14.3 Å². The highest BCUT2D eigenvalue weighted by molar-refractivity contribution is 7.93. The molecule has 0 aromatic heterocycles. The van der Waals surface area contributed by atoms with Gasteiger partial charge in [0.25, 0.3) is 10.0 Å². The zero-order valence-corrected chi connectivity index (χ0v) is 13.6. The van der Waals surface area contributed by atoms with Crippen LogP contribution < -0.4 is 5.73 Å². The van der Waals surface area contributed by atoms with Crippen molar-refractivity contribution in [1.82, 2.24) is 0 Å². The summed E-state index contributed by atoms with van der Waals surface area (Å²) in [6.45, 7) is 0. The minimum atomic E-state index is -3.88. The number of benzene rings is 2. The predicted molar refractivity (Wildman–Crippen MR) is 91.6 cm³/mol. The molecule has 0 fully saturated rings. The molecule has 0 saturated heterocycles. The highest BCUT2D eigenvalue weighted by atomic mass is 35.5. The van der Waals surface area contributed by atoms with Crippen LogP contribution >= 0.6 is 23.2 Å².